The van der Waals surface area contributed by atoms with E-state index in [1.165, 1.54) is 16.9 Å². The molecule has 1 N–H and O–H groups in total. The second kappa shape index (κ2) is 4.60. The number of aryl methyl sites for hydroxylation is 2. The monoisotopic (exact) mass is 279 g/mol. The molecule has 0 saturated carbocycles. The number of thiophene rings is 1. The van der Waals surface area contributed by atoms with Crippen molar-refractivity contribution in [2.24, 2.45) is 0 Å². The van der Waals surface area contributed by atoms with Crippen LogP contribution in [0, 0.1) is 0 Å². The summed E-state index contributed by atoms with van der Waals surface area (Å²) in [4.78, 5) is 16.8. The maximum absolute atomic E-state index is 12.6. The normalized spacial score (nSPS) is 22.9. The van der Waals surface area contributed by atoms with Crippen molar-refractivity contribution in [3.05, 3.63) is 21.4 Å². The Bertz CT molecular complexity index is 479. The minimum Gasteiger partial charge on any atom is -0.388 e. The molecule has 3 rings (SSSR count). The molecule has 0 radical (unpaired) electrons. The first-order valence-electron chi connectivity index (χ1n) is 7.12. The molecule has 4 heteroatoms. The van der Waals surface area contributed by atoms with E-state index in [0.29, 0.717) is 0 Å². The van der Waals surface area contributed by atoms with Gasteiger partial charge in [-0.05, 0) is 57.6 Å². The lowest BCUT2D eigenvalue weighted by atomic mass is 9.96. The van der Waals surface area contributed by atoms with E-state index in [4.69, 9.17) is 0 Å². The predicted molar refractivity (Wildman–Crippen MR) is 76.7 cm³/mol. The first-order valence-corrected chi connectivity index (χ1v) is 7.93. The molecule has 19 heavy (non-hydrogen) atoms. The van der Waals surface area contributed by atoms with Gasteiger partial charge in [0.15, 0.2) is 0 Å². The maximum Gasteiger partial charge on any atom is 0.264 e. The van der Waals surface area contributed by atoms with E-state index in [9.17, 15) is 9.90 Å². The summed E-state index contributed by atoms with van der Waals surface area (Å²) in [5, 5.41) is 10.2. The van der Waals surface area contributed by atoms with Crippen LogP contribution in [0.5, 0.6) is 0 Å². The number of likely N-dealkylation sites (tertiary alicyclic amines) is 1. The lowest BCUT2D eigenvalue weighted by molar-refractivity contribution is 0.000518. The van der Waals surface area contributed by atoms with Crippen LogP contribution in [0.3, 0.4) is 0 Å². The lowest BCUT2D eigenvalue weighted by Crippen LogP contribution is -2.48. The molecule has 2 aliphatic rings. The summed E-state index contributed by atoms with van der Waals surface area (Å²) in [6.07, 6.45) is 5.37. The Kier molecular flexibility index (Phi) is 3.18. The molecule has 2 heterocycles. The van der Waals surface area contributed by atoms with Crippen molar-refractivity contribution in [1.82, 2.24) is 4.90 Å². The highest BCUT2D eigenvalue weighted by molar-refractivity contribution is 7.14. The van der Waals surface area contributed by atoms with Crippen molar-refractivity contribution in [1.29, 1.82) is 0 Å². The molecule has 0 spiro atoms. The largest absolute Gasteiger partial charge is 0.388 e. The van der Waals surface area contributed by atoms with Crippen LogP contribution in [0.25, 0.3) is 0 Å². The molecular formula is C15H21NO2S. The predicted octanol–water partition coefficient (Wildman–Crippen LogP) is 2.61. The second-order valence-corrected chi connectivity index (χ2v) is 7.36. The van der Waals surface area contributed by atoms with E-state index in [0.717, 1.165) is 37.1 Å². The van der Waals surface area contributed by atoms with Crippen LogP contribution in [0.4, 0.5) is 0 Å². The van der Waals surface area contributed by atoms with Gasteiger partial charge in [-0.1, -0.05) is 0 Å². The second-order valence-electron chi connectivity index (χ2n) is 6.22. The fraction of sp³-hybridized carbons (Fsp3) is 0.667. The average Bonchev–Trinajstić information content (AvgIpc) is 3.01. The van der Waals surface area contributed by atoms with E-state index >= 15 is 0 Å². The van der Waals surface area contributed by atoms with Gasteiger partial charge in [-0.15, -0.1) is 11.3 Å². The van der Waals surface area contributed by atoms with Crippen molar-refractivity contribution < 1.29 is 9.90 Å². The smallest absolute Gasteiger partial charge is 0.264 e. The molecular weight excluding hydrogens is 258 g/mol. The summed E-state index contributed by atoms with van der Waals surface area (Å²) in [7, 11) is 0. The van der Waals surface area contributed by atoms with Gasteiger partial charge in [0.2, 0.25) is 0 Å². The molecule has 1 aliphatic heterocycles. The molecule has 1 amide bonds. The molecule has 1 aromatic rings. The van der Waals surface area contributed by atoms with Crippen LogP contribution in [-0.4, -0.2) is 34.1 Å². The van der Waals surface area contributed by atoms with Gasteiger partial charge in [-0.3, -0.25) is 4.79 Å². The maximum atomic E-state index is 12.6. The number of rotatable bonds is 2. The van der Waals surface area contributed by atoms with Crippen molar-refractivity contribution in [3.8, 4) is 0 Å². The van der Waals surface area contributed by atoms with Crippen LogP contribution in [0.1, 0.15) is 53.2 Å². The van der Waals surface area contributed by atoms with Gasteiger partial charge in [0.05, 0.1) is 16.5 Å². The molecule has 1 fully saturated rings. The summed E-state index contributed by atoms with van der Waals surface area (Å²) in [5.74, 6) is 0.115. The molecule has 0 aromatic carbocycles. The third kappa shape index (κ3) is 2.32. The Morgan fingerprint density at radius 1 is 1.42 bits per heavy atom. The quantitative estimate of drug-likeness (QED) is 0.904. The number of aliphatic hydroxyl groups is 1. The highest BCUT2D eigenvalue weighted by Crippen LogP contribution is 2.34. The minimum absolute atomic E-state index is 0.0445. The van der Waals surface area contributed by atoms with E-state index < -0.39 is 5.60 Å². The average molecular weight is 279 g/mol. The Hall–Kier alpha value is -0.870. The Morgan fingerprint density at radius 3 is 2.89 bits per heavy atom. The topological polar surface area (TPSA) is 40.5 Å². The number of carbonyl (C=O) groups is 1. The molecule has 1 atom stereocenters. The van der Waals surface area contributed by atoms with Crippen LogP contribution in [0.15, 0.2) is 6.07 Å². The first-order chi connectivity index (χ1) is 8.97. The Labute approximate surface area is 118 Å². The fourth-order valence-electron chi connectivity index (χ4n) is 3.32. The van der Waals surface area contributed by atoms with E-state index in [2.05, 4.69) is 6.07 Å². The SMILES string of the molecule is CC(C)(O)C1CCCN1C(=O)c1cc2c(s1)CCC2. The van der Waals surface area contributed by atoms with Crippen LogP contribution in [-0.2, 0) is 12.8 Å². The highest BCUT2D eigenvalue weighted by atomic mass is 32.1. The summed E-state index contributed by atoms with van der Waals surface area (Å²) in [6, 6.07) is 2.03. The summed E-state index contributed by atoms with van der Waals surface area (Å²) < 4.78 is 0. The number of hydrogen-bond acceptors (Lipinski definition) is 3. The van der Waals surface area contributed by atoms with Crippen LogP contribution >= 0.6 is 11.3 Å². The summed E-state index contributed by atoms with van der Waals surface area (Å²) in [5.41, 5.74) is 0.555. The zero-order chi connectivity index (χ0) is 13.6. The highest BCUT2D eigenvalue weighted by Gasteiger charge is 2.39. The Morgan fingerprint density at radius 2 is 2.21 bits per heavy atom. The number of amides is 1. The van der Waals surface area contributed by atoms with Crippen molar-refractivity contribution in [3.63, 3.8) is 0 Å². The molecule has 1 unspecified atom stereocenters. The number of nitrogens with zero attached hydrogens (tertiary/aromatic N) is 1. The van der Waals surface area contributed by atoms with Gasteiger partial charge in [0.1, 0.15) is 0 Å². The third-order valence-electron chi connectivity index (χ3n) is 4.29. The lowest BCUT2D eigenvalue weighted by Gasteiger charge is -2.33. The standard InChI is InChI=1S/C15H21NO2S/c1-15(2,18)13-7-4-8-16(13)14(17)12-9-10-5-3-6-11(10)19-12/h9,13,18H,3-8H2,1-2H3. The molecule has 0 bridgehead atoms. The zero-order valence-corrected chi connectivity index (χ0v) is 12.4. The zero-order valence-electron chi connectivity index (χ0n) is 11.6. The van der Waals surface area contributed by atoms with Gasteiger partial charge in [-0.2, -0.15) is 0 Å². The molecule has 1 saturated heterocycles. The number of carbonyl (C=O) groups excluding carboxylic acids is 1. The molecule has 104 valence electrons. The molecule has 1 aromatic heterocycles. The Balaban J connectivity index is 1.83. The summed E-state index contributed by atoms with van der Waals surface area (Å²) in [6.45, 7) is 4.38. The number of fused-ring (bicyclic) bond motifs is 1. The fourth-order valence-corrected chi connectivity index (χ4v) is 4.53. The van der Waals surface area contributed by atoms with E-state index in [-0.39, 0.29) is 11.9 Å². The van der Waals surface area contributed by atoms with Gasteiger partial charge in [-0.25, -0.2) is 0 Å². The van der Waals surface area contributed by atoms with E-state index in [1.807, 2.05) is 4.90 Å². The van der Waals surface area contributed by atoms with Crippen LogP contribution in [0.2, 0.25) is 0 Å². The summed E-state index contributed by atoms with van der Waals surface area (Å²) >= 11 is 1.66. The van der Waals surface area contributed by atoms with Crippen molar-refractivity contribution in [2.45, 2.75) is 57.6 Å². The number of hydrogen-bond donors (Lipinski definition) is 1. The molecule has 3 nitrogen and oxygen atoms in total. The van der Waals surface area contributed by atoms with Gasteiger partial charge in [0, 0.05) is 11.4 Å². The minimum atomic E-state index is -0.813. The van der Waals surface area contributed by atoms with Gasteiger partial charge in [0.25, 0.3) is 5.91 Å². The van der Waals surface area contributed by atoms with Gasteiger partial charge < -0.3 is 10.0 Å². The van der Waals surface area contributed by atoms with Crippen molar-refractivity contribution >= 4 is 17.2 Å². The third-order valence-corrected chi connectivity index (χ3v) is 5.51. The molecule has 1 aliphatic carbocycles. The van der Waals surface area contributed by atoms with Crippen LogP contribution < -0.4 is 0 Å². The van der Waals surface area contributed by atoms with E-state index in [1.54, 1.807) is 25.2 Å². The van der Waals surface area contributed by atoms with Crippen molar-refractivity contribution in [2.75, 3.05) is 6.54 Å². The van der Waals surface area contributed by atoms with Gasteiger partial charge >= 0.3 is 0 Å². The first kappa shape index (κ1) is 13.1.